The third kappa shape index (κ3) is 3.66. The summed E-state index contributed by atoms with van der Waals surface area (Å²) in [5.41, 5.74) is 0.376. The summed E-state index contributed by atoms with van der Waals surface area (Å²) in [4.78, 5) is 23.3. The molecule has 0 radical (unpaired) electrons. The van der Waals surface area contributed by atoms with Gasteiger partial charge in [-0.2, -0.15) is 0 Å². The van der Waals surface area contributed by atoms with E-state index in [2.05, 4.69) is 17.2 Å². The smallest absolute Gasteiger partial charge is 0.253 e. The number of benzene rings is 1. The fourth-order valence-corrected chi connectivity index (χ4v) is 2.13. The van der Waals surface area contributed by atoms with Crippen LogP contribution in [0.4, 0.5) is 15.8 Å². The van der Waals surface area contributed by atoms with Crippen molar-refractivity contribution < 1.29 is 18.7 Å². The Labute approximate surface area is 122 Å². The number of carbonyl (C=O) groups excluding carboxylic acids is 2. The maximum Gasteiger partial charge on any atom is 0.253 e. The van der Waals surface area contributed by atoms with Crippen LogP contribution in [0.2, 0.25) is 0 Å². The van der Waals surface area contributed by atoms with Crippen molar-refractivity contribution in [3.8, 4) is 0 Å². The summed E-state index contributed by atoms with van der Waals surface area (Å²) in [5, 5.41) is 5.00. The maximum absolute atomic E-state index is 13.6. The van der Waals surface area contributed by atoms with Gasteiger partial charge in [0.1, 0.15) is 11.9 Å². The monoisotopic (exact) mass is 292 g/mol. The molecule has 1 heterocycles. The molecule has 0 spiro atoms. The summed E-state index contributed by atoms with van der Waals surface area (Å²) >= 11 is 0. The Hall–Kier alpha value is -2.21. The molecule has 0 saturated carbocycles. The van der Waals surface area contributed by atoms with Crippen molar-refractivity contribution >= 4 is 23.2 Å². The number of nitrogens with one attached hydrogen (secondary N) is 2. The van der Waals surface area contributed by atoms with Gasteiger partial charge < -0.3 is 15.4 Å². The molecule has 2 N–H and O–H groups in total. The summed E-state index contributed by atoms with van der Waals surface area (Å²) in [6.07, 6.45) is 1.38. The third-order valence-corrected chi connectivity index (χ3v) is 3.32. The minimum atomic E-state index is -0.589. The highest BCUT2D eigenvalue weighted by Gasteiger charge is 2.30. The van der Waals surface area contributed by atoms with E-state index in [4.69, 9.17) is 4.74 Å². The van der Waals surface area contributed by atoms with Gasteiger partial charge in [-0.05, 0) is 36.6 Å². The number of rotatable bonds is 4. The molecule has 1 fully saturated rings. The standard InChI is InChI=1S/C15H17FN2O3/c1-3-13(19)18-12-8-10(4-5-11(12)16)17-15(20)14-9(2)6-7-21-14/h3-5,8-9,14H,1,6-7H2,2H3,(H,17,20)(H,18,19)/t9-,14+/m1/s1. The van der Waals surface area contributed by atoms with Gasteiger partial charge in [0.2, 0.25) is 5.91 Å². The van der Waals surface area contributed by atoms with Crippen LogP contribution in [0.3, 0.4) is 0 Å². The zero-order valence-corrected chi connectivity index (χ0v) is 11.7. The van der Waals surface area contributed by atoms with Crippen LogP contribution in [-0.4, -0.2) is 24.5 Å². The lowest BCUT2D eigenvalue weighted by molar-refractivity contribution is -0.126. The Kier molecular flexibility index (Phi) is 4.70. The van der Waals surface area contributed by atoms with Gasteiger partial charge in [0.05, 0.1) is 5.69 Å². The highest BCUT2D eigenvalue weighted by Crippen LogP contribution is 2.23. The SMILES string of the molecule is C=CC(=O)Nc1cc(NC(=O)[C@H]2OCC[C@H]2C)ccc1F. The normalized spacial score (nSPS) is 20.9. The molecule has 0 bridgehead atoms. The second-order valence-corrected chi connectivity index (χ2v) is 4.93. The minimum absolute atomic E-state index is 0.0157. The van der Waals surface area contributed by atoms with Crippen LogP contribution in [0, 0.1) is 11.7 Å². The molecule has 0 unspecified atom stereocenters. The quantitative estimate of drug-likeness (QED) is 0.837. The highest BCUT2D eigenvalue weighted by molar-refractivity contribution is 6.00. The number of carbonyl (C=O) groups is 2. The number of anilines is 2. The molecule has 2 amide bonds. The molecule has 1 aliphatic heterocycles. The molecule has 112 valence electrons. The van der Waals surface area contributed by atoms with Gasteiger partial charge in [0, 0.05) is 12.3 Å². The molecule has 1 aromatic carbocycles. The third-order valence-electron chi connectivity index (χ3n) is 3.32. The number of hydrogen-bond donors (Lipinski definition) is 2. The lowest BCUT2D eigenvalue weighted by atomic mass is 10.0. The number of hydrogen-bond acceptors (Lipinski definition) is 3. The summed E-state index contributed by atoms with van der Waals surface area (Å²) in [5.74, 6) is -1.24. The molecule has 1 saturated heterocycles. The van der Waals surface area contributed by atoms with Gasteiger partial charge in [-0.1, -0.05) is 13.5 Å². The Morgan fingerprint density at radius 3 is 2.81 bits per heavy atom. The summed E-state index contributed by atoms with van der Waals surface area (Å²) in [6.45, 7) is 5.80. The van der Waals surface area contributed by atoms with Crippen molar-refractivity contribution in [1.29, 1.82) is 0 Å². The second kappa shape index (κ2) is 6.49. The van der Waals surface area contributed by atoms with Crippen molar-refractivity contribution in [2.75, 3.05) is 17.2 Å². The minimum Gasteiger partial charge on any atom is -0.368 e. The van der Waals surface area contributed by atoms with Gasteiger partial charge in [0.15, 0.2) is 0 Å². The summed E-state index contributed by atoms with van der Waals surface area (Å²) in [6, 6.07) is 3.96. The Bertz CT molecular complexity index is 574. The van der Waals surface area contributed by atoms with Crippen LogP contribution in [0.5, 0.6) is 0 Å². The van der Waals surface area contributed by atoms with Gasteiger partial charge in [0.25, 0.3) is 5.91 Å². The fourth-order valence-electron chi connectivity index (χ4n) is 2.13. The van der Waals surface area contributed by atoms with Gasteiger partial charge in [-0.25, -0.2) is 4.39 Å². The van der Waals surface area contributed by atoms with Crippen molar-refractivity contribution in [1.82, 2.24) is 0 Å². The van der Waals surface area contributed by atoms with Crippen molar-refractivity contribution in [2.24, 2.45) is 5.92 Å². The summed E-state index contributed by atoms with van der Waals surface area (Å²) in [7, 11) is 0. The molecule has 2 atom stereocenters. The first-order chi connectivity index (χ1) is 10.0. The Balaban J connectivity index is 2.09. The van der Waals surface area contributed by atoms with E-state index in [9.17, 15) is 14.0 Å². The predicted octanol–water partition coefficient (Wildman–Crippen LogP) is 2.31. The van der Waals surface area contributed by atoms with Gasteiger partial charge >= 0.3 is 0 Å². The number of halogens is 1. The molecule has 2 rings (SSSR count). The predicted molar refractivity (Wildman–Crippen MR) is 77.4 cm³/mol. The first-order valence-electron chi connectivity index (χ1n) is 6.66. The molecular weight excluding hydrogens is 275 g/mol. The van der Waals surface area contributed by atoms with Crippen molar-refractivity contribution in [3.05, 3.63) is 36.7 Å². The fraction of sp³-hybridized carbons (Fsp3) is 0.333. The maximum atomic E-state index is 13.6. The molecule has 21 heavy (non-hydrogen) atoms. The largest absolute Gasteiger partial charge is 0.368 e. The zero-order chi connectivity index (χ0) is 15.4. The average Bonchev–Trinajstić information content (AvgIpc) is 2.88. The van der Waals surface area contributed by atoms with Gasteiger partial charge in [-0.15, -0.1) is 0 Å². The van der Waals surface area contributed by atoms with Crippen LogP contribution in [0.1, 0.15) is 13.3 Å². The topological polar surface area (TPSA) is 67.4 Å². The van der Waals surface area contributed by atoms with E-state index in [0.29, 0.717) is 12.3 Å². The van der Waals surface area contributed by atoms with Crippen LogP contribution in [0.15, 0.2) is 30.9 Å². The molecule has 1 aliphatic rings. The number of amides is 2. The first kappa shape index (κ1) is 15.2. The molecule has 6 heteroatoms. The lowest BCUT2D eigenvalue weighted by Crippen LogP contribution is -2.31. The van der Waals surface area contributed by atoms with Gasteiger partial charge in [-0.3, -0.25) is 9.59 Å². The van der Waals surface area contributed by atoms with E-state index >= 15 is 0 Å². The zero-order valence-electron chi connectivity index (χ0n) is 11.7. The van der Waals surface area contributed by atoms with Crippen molar-refractivity contribution in [3.63, 3.8) is 0 Å². The van der Waals surface area contributed by atoms with E-state index < -0.39 is 17.8 Å². The molecule has 5 nitrogen and oxygen atoms in total. The molecule has 0 aromatic heterocycles. The molecule has 0 aliphatic carbocycles. The van der Waals surface area contributed by atoms with E-state index in [1.165, 1.54) is 18.2 Å². The highest BCUT2D eigenvalue weighted by atomic mass is 19.1. The van der Waals surface area contributed by atoms with Crippen LogP contribution >= 0.6 is 0 Å². The van der Waals surface area contributed by atoms with E-state index in [1.54, 1.807) is 0 Å². The van der Waals surface area contributed by atoms with E-state index in [-0.39, 0.29) is 17.5 Å². The number of ether oxygens (including phenoxy) is 1. The first-order valence-corrected chi connectivity index (χ1v) is 6.66. The Morgan fingerprint density at radius 1 is 1.43 bits per heavy atom. The molecular formula is C15H17FN2O3. The summed E-state index contributed by atoms with van der Waals surface area (Å²) < 4.78 is 18.9. The van der Waals surface area contributed by atoms with E-state index in [0.717, 1.165) is 12.5 Å². The van der Waals surface area contributed by atoms with Crippen LogP contribution in [0.25, 0.3) is 0 Å². The van der Waals surface area contributed by atoms with E-state index in [1.807, 2.05) is 6.92 Å². The van der Waals surface area contributed by atoms with Crippen LogP contribution < -0.4 is 10.6 Å². The van der Waals surface area contributed by atoms with Crippen LogP contribution in [-0.2, 0) is 14.3 Å². The molecule has 1 aromatic rings. The average molecular weight is 292 g/mol. The van der Waals surface area contributed by atoms with Crippen molar-refractivity contribution in [2.45, 2.75) is 19.4 Å². The lowest BCUT2D eigenvalue weighted by Gasteiger charge is -2.15. The second-order valence-electron chi connectivity index (χ2n) is 4.93. The Morgan fingerprint density at radius 2 is 2.19 bits per heavy atom.